The first-order chi connectivity index (χ1) is 18.7. The third-order valence-electron chi connectivity index (χ3n) is 6.53. The van der Waals surface area contributed by atoms with Gasteiger partial charge in [-0.1, -0.05) is 17.3 Å². The van der Waals surface area contributed by atoms with Crippen LogP contribution in [0.15, 0.2) is 65.3 Å². The number of benzene rings is 2. The molecule has 2 aromatic carbocycles. The van der Waals surface area contributed by atoms with Crippen molar-refractivity contribution >= 4 is 22.6 Å². The van der Waals surface area contributed by atoms with E-state index in [1.165, 1.54) is 35.1 Å². The molecule has 4 heterocycles. The number of aromatic nitrogens is 5. The van der Waals surface area contributed by atoms with Crippen LogP contribution in [-0.2, 0) is 12.7 Å². The largest absolute Gasteiger partial charge is 0.416 e. The van der Waals surface area contributed by atoms with Gasteiger partial charge in [0.2, 0.25) is 0 Å². The van der Waals surface area contributed by atoms with E-state index < -0.39 is 17.6 Å². The Labute approximate surface area is 217 Å². The Balaban J connectivity index is 1.25. The summed E-state index contributed by atoms with van der Waals surface area (Å²) in [6.07, 6.45) is -3.05. The maximum atomic E-state index is 14.9. The van der Waals surface area contributed by atoms with Crippen molar-refractivity contribution in [3.63, 3.8) is 0 Å². The summed E-state index contributed by atoms with van der Waals surface area (Å²) in [5, 5.41) is 8.82. The zero-order valence-corrected chi connectivity index (χ0v) is 20.1. The molecule has 0 unspecified atom stereocenters. The first-order valence-electron chi connectivity index (χ1n) is 11.8. The normalized spacial score (nSPS) is 14.1. The maximum Gasteiger partial charge on any atom is 0.416 e. The van der Waals surface area contributed by atoms with Crippen LogP contribution in [0.2, 0.25) is 0 Å². The van der Waals surface area contributed by atoms with E-state index in [4.69, 9.17) is 10.3 Å². The van der Waals surface area contributed by atoms with Crippen LogP contribution in [-0.4, -0.2) is 48.8 Å². The number of carbonyl (C=O) groups excluding carboxylic acids is 1. The Hall–Kier alpha value is -4.81. The van der Waals surface area contributed by atoms with Gasteiger partial charge in [0.25, 0.3) is 11.8 Å². The maximum absolute atomic E-state index is 14.9. The Morgan fingerprint density at radius 2 is 1.90 bits per heavy atom. The van der Waals surface area contributed by atoms with Crippen LogP contribution in [0.5, 0.6) is 0 Å². The van der Waals surface area contributed by atoms with Gasteiger partial charge in [-0.05, 0) is 42.5 Å². The summed E-state index contributed by atoms with van der Waals surface area (Å²) in [7, 11) is 0. The smallest absolute Gasteiger partial charge is 0.384 e. The van der Waals surface area contributed by atoms with E-state index in [2.05, 4.69) is 20.2 Å². The summed E-state index contributed by atoms with van der Waals surface area (Å²) < 4.78 is 60.9. The predicted octanol–water partition coefficient (Wildman–Crippen LogP) is 4.51. The van der Waals surface area contributed by atoms with Crippen molar-refractivity contribution < 1.29 is 26.9 Å². The first-order valence-corrected chi connectivity index (χ1v) is 11.8. The highest BCUT2D eigenvalue weighted by Gasteiger charge is 2.36. The lowest BCUT2D eigenvalue weighted by atomic mass is 9.93. The molecule has 9 nitrogen and oxygen atoms in total. The molecule has 0 spiro atoms. The summed E-state index contributed by atoms with van der Waals surface area (Å²) in [5.41, 5.74) is 6.36. The van der Waals surface area contributed by atoms with Crippen molar-refractivity contribution in [1.29, 1.82) is 0 Å². The summed E-state index contributed by atoms with van der Waals surface area (Å²) in [5.74, 6) is -0.564. The van der Waals surface area contributed by atoms with Crippen LogP contribution in [0.3, 0.4) is 0 Å². The predicted molar refractivity (Wildman–Crippen MR) is 131 cm³/mol. The van der Waals surface area contributed by atoms with E-state index >= 15 is 0 Å². The van der Waals surface area contributed by atoms with Gasteiger partial charge < -0.3 is 15.2 Å². The minimum atomic E-state index is -4.51. The second-order valence-electron chi connectivity index (χ2n) is 9.15. The quantitative estimate of drug-likeness (QED) is 0.328. The van der Waals surface area contributed by atoms with E-state index in [9.17, 15) is 22.4 Å². The molecule has 0 saturated carbocycles. The molecule has 1 fully saturated rings. The lowest BCUT2D eigenvalue weighted by Crippen LogP contribution is -2.48. The first kappa shape index (κ1) is 24.5. The summed E-state index contributed by atoms with van der Waals surface area (Å²) in [6, 6.07) is 12.2. The molecule has 13 heteroatoms. The molecule has 0 radical (unpaired) electrons. The lowest BCUT2D eigenvalue weighted by molar-refractivity contribution is -0.137. The standard InChI is InChI=1S/C26H19F4N7O2/c27-18-5-2-6-19-22(18)23(16-11-36(12-16)25(38)15-7-8-32-20(31)10-15)34-37(19)13-21-33-24(39-35-21)14-3-1-4-17(9-14)26(28,29)30/h1-10,16H,11-13H2,(H2,31,32). The fourth-order valence-electron chi connectivity index (χ4n) is 4.60. The number of halogens is 4. The fraction of sp³-hybridized carbons (Fsp3) is 0.192. The van der Waals surface area contributed by atoms with Gasteiger partial charge in [-0.15, -0.1) is 0 Å². The van der Waals surface area contributed by atoms with Crippen LogP contribution in [0.25, 0.3) is 22.4 Å². The van der Waals surface area contributed by atoms with Gasteiger partial charge in [-0.25, -0.2) is 9.37 Å². The number of hydrogen-bond donors (Lipinski definition) is 1. The van der Waals surface area contributed by atoms with Crippen LogP contribution in [0.1, 0.15) is 33.4 Å². The van der Waals surface area contributed by atoms with Crippen molar-refractivity contribution in [2.75, 3.05) is 18.8 Å². The molecule has 0 atom stereocenters. The highest BCUT2D eigenvalue weighted by molar-refractivity contribution is 5.95. The molecule has 0 bridgehead atoms. The molecule has 3 aromatic heterocycles. The second kappa shape index (κ2) is 9.19. The van der Waals surface area contributed by atoms with Crippen molar-refractivity contribution in [1.82, 2.24) is 29.8 Å². The number of nitrogen functional groups attached to an aromatic ring is 1. The van der Waals surface area contributed by atoms with Crippen LogP contribution in [0, 0.1) is 5.82 Å². The van der Waals surface area contributed by atoms with Gasteiger partial charge in [0.1, 0.15) is 18.2 Å². The van der Waals surface area contributed by atoms with Gasteiger partial charge >= 0.3 is 6.18 Å². The minimum Gasteiger partial charge on any atom is -0.384 e. The molecule has 2 N–H and O–H groups in total. The van der Waals surface area contributed by atoms with Gasteiger partial charge in [0.15, 0.2) is 5.82 Å². The third kappa shape index (κ3) is 4.56. The molecule has 6 rings (SSSR count). The van der Waals surface area contributed by atoms with Crippen molar-refractivity contribution in [2.45, 2.75) is 18.6 Å². The Morgan fingerprint density at radius 1 is 1.10 bits per heavy atom. The number of fused-ring (bicyclic) bond motifs is 1. The molecule has 0 aliphatic carbocycles. The monoisotopic (exact) mass is 537 g/mol. The molecule has 1 saturated heterocycles. The van der Waals surface area contributed by atoms with Crippen molar-refractivity contribution in [3.8, 4) is 11.5 Å². The zero-order chi connectivity index (χ0) is 27.3. The van der Waals surface area contributed by atoms with Gasteiger partial charge in [0.05, 0.1) is 22.2 Å². The van der Waals surface area contributed by atoms with E-state index in [0.717, 1.165) is 12.1 Å². The highest BCUT2D eigenvalue weighted by Crippen LogP contribution is 2.35. The highest BCUT2D eigenvalue weighted by atomic mass is 19.4. The number of amides is 1. The SMILES string of the molecule is Nc1cc(C(=O)N2CC(c3nn(Cc4noc(-c5cccc(C(F)(F)F)c5)n4)c4cccc(F)c34)C2)ccn1. The number of rotatable bonds is 5. The van der Waals surface area contributed by atoms with Gasteiger partial charge in [-0.2, -0.15) is 23.3 Å². The minimum absolute atomic E-state index is 0.00588. The molecule has 1 amide bonds. The summed E-state index contributed by atoms with van der Waals surface area (Å²) in [6.45, 7) is 0.668. The van der Waals surface area contributed by atoms with Gasteiger partial charge in [0, 0.05) is 36.3 Å². The Bertz CT molecular complexity index is 1710. The lowest BCUT2D eigenvalue weighted by Gasteiger charge is -2.38. The van der Waals surface area contributed by atoms with E-state index in [0.29, 0.717) is 35.2 Å². The molecule has 5 aromatic rings. The van der Waals surface area contributed by atoms with E-state index in [1.807, 2.05) is 0 Å². The van der Waals surface area contributed by atoms with Crippen LogP contribution in [0.4, 0.5) is 23.4 Å². The Morgan fingerprint density at radius 3 is 2.67 bits per heavy atom. The molecule has 39 heavy (non-hydrogen) atoms. The summed E-state index contributed by atoms with van der Waals surface area (Å²) >= 11 is 0. The number of carbonyl (C=O) groups is 1. The number of pyridine rings is 1. The molecular weight excluding hydrogens is 518 g/mol. The molecular formula is C26H19F4N7O2. The van der Waals surface area contributed by atoms with Gasteiger partial charge in [-0.3, -0.25) is 9.48 Å². The van der Waals surface area contributed by atoms with Crippen LogP contribution >= 0.6 is 0 Å². The van der Waals surface area contributed by atoms with E-state index in [-0.39, 0.29) is 41.5 Å². The van der Waals surface area contributed by atoms with Crippen LogP contribution < -0.4 is 5.73 Å². The summed E-state index contributed by atoms with van der Waals surface area (Å²) in [4.78, 5) is 22.5. The number of hydrogen-bond acceptors (Lipinski definition) is 7. The topological polar surface area (TPSA) is 116 Å². The fourth-order valence-corrected chi connectivity index (χ4v) is 4.60. The molecule has 1 aliphatic heterocycles. The number of nitrogens with two attached hydrogens (primary N) is 1. The van der Waals surface area contributed by atoms with Crippen molar-refractivity contribution in [3.05, 3.63) is 89.3 Å². The zero-order valence-electron chi connectivity index (χ0n) is 20.1. The number of anilines is 1. The number of alkyl halides is 3. The number of nitrogens with zero attached hydrogens (tertiary/aromatic N) is 6. The average molecular weight is 537 g/mol. The van der Waals surface area contributed by atoms with Crippen molar-refractivity contribution in [2.24, 2.45) is 0 Å². The molecule has 1 aliphatic rings. The molecule has 198 valence electrons. The van der Waals surface area contributed by atoms with E-state index in [1.54, 1.807) is 23.1 Å². The third-order valence-corrected chi connectivity index (χ3v) is 6.53. The average Bonchev–Trinajstić information content (AvgIpc) is 3.49. The number of likely N-dealkylation sites (tertiary alicyclic amines) is 1. The second-order valence-corrected chi connectivity index (χ2v) is 9.15. The Kier molecular flexibility index (Phi) is 5.78.